The van der Waals surface area contributed by atoms with Gasteiger partial charge < -0.3 is 10.2 Å². The maximum Gasteiger partial charge on any atom is 0.240 e. The van der Waals surface area contributed by atoms with Gasteiger partial charge in [0.2, 0.25) is 11.8 Å². The number of fused-ring (bicyclic) bond motifs is 1. The first kappa shape index (κ1) is 20.2. The molecule has 27 heavy (non-hydrogen) atoms. The zero-order valence-corrected chi connectivity index (χ0v) is 17.5. The number of nitrogens with one attached hydrogen (secondary N) is 1. The van der Waals surface area contributed by atoms with E-state index < -0.39 is 0 Å². The second-order valence-electron chi connectivity index (χ2n) is 8.22. The van der Waals surface area contributed by atoms with E-state index in [4.69, 9.17) is 0 Å². The molecule has 1 N–H and O–H groups in total. The van der Waals surface area contributed by atoms with Crippen LogP contribution in [0.1, 0.15) is 46.5 Å². The Morgan fingerprint density at radius 3 is 2.85 bits per heavy atom. The van der Waals surface area contributed by atoms with E-state index in [0.29, 0.717) is 19.0 Å². The number of amides is 2. The molecule has 148 valence electrons. The molecule has 3 rings (SSSR count). The highest BCUT2D eigenvalue weighted by molar-refractivity contribution is 8.00. The van der Waals surface area contributed by atoms with Crippen LogP contribution in [0, 0.1) is 0 Å². The van der Waals surface area contributed by atoms with E-state index in [0.717, 1.165) is 23.7 Å². The molecule has 2 aliphatic heterocycles. The van der Waals surface area contributed by atoms with Crippen LogP contribution in [0.5, 0.6) is 0 Å². The number of hydrogen-bond donors (Lipinski definition) is 1. The molecule has 1 saturated heterocycles. The second kappa shape index (κ2) is 8.65. The maximum atomic E-state index is 12.8. The fourth-order valence-electron chi connectivity index (χ4n) is 3.90. The van der Waals surface area contributed by atoms with Crippen LogP contribution in [0.2, 0.25) is 0 Å². The van der Waals surface area contributed by atoms with Crippen molar-refractivity contribution < 1.29 is 9.59 Å². The number of carbonyl (C=O) groups excluding carboxylic acids is 2. The molecule has 5 nitrogen and oxygen atoms in total. The minimum Gasteiger partial charge on any atom is -0.353 e. The van der Waals surface area contributed by atoms with Crippen LogP contribution in [0.4, 0.5) is 5.69 Å². The number of nitrogens with zero attached hydrogens (tertiary/aromatic N) is 2. The Morgan fingerprint density at radius 2 is 2.07 bits per heavy atom. The Kier molecular flexibility index (Phi) is 6.48. The number of anilines is 1. The van der Waals surface area contributed by atoms with Crippen LogP contribution < -0.4 is 10.2 Å². The first-order valence-corrected chi connectivity index (χ1v) is 10.8. The van der Waals surface area contributed by atoms with E-state index in [9.17, 15) is 9.59 Å². The molecule has 0 bridgehead atoms. The lowest BCUT2D eigenvalue weighted by atomic mass is 10.0. The molecular weight excluding hydrogens is 358 g/mol. The minimum atomic E-state index is -0.178. The zero-order chi connectivity index (χ0) is 19.4. The Bertz CT molecular complexity index is 692. The van der Waals surface area contributed by atoms with Crippen LogP contribution in [-0.2, 0) is 9.59 Å². The van der Waals surface area contributed by atoms with E-state index in [2.05, 4.69) is 31.0 Å². The highest BCUT2D eigenvalue weighted by atomic mass is 32.2. The lowest BCUT2D eigenvalue weighted by molar-refractivity contribution is -0.124. The van der Waals surface area contributed by atoms with Crippen molar-refractivity contribution in [3.05, 3.63) is 24.3 Å². The zero-order valence-electron chi connectivity index (χ0n) is 16.7. The quantitative estimate of drug-likeness (QED) is 0.840. The van der Waals surface area contributed by atoms with Crippen molar-refractivity contribution in [1.82, 2.24) is 10.2 Å². The average Bonchev–Trinajstić information content (AvgIpc) is 2.70. The summed E-state index contributed by atoms with van der Waals surface area (Å²) in [5, 5.41) is 3.01. The lowest BCUT2D eigenvalue weighted by Gasteiger charge is -2.33. The maximum absolute atomic E-state index is 12.8. The van der Waals surface area contributed by atoms with Crippen LogP contribution in [0.25, 0.3) is 0 Å². The molecule has 1 atom stereocenters. The van der Waals surface area contributed by atoms with E-state index in [1.165, 1.54) is 19.3 Å². The van der Waals surface area contributed by atoms with Gasteiger partial charge in [-0.05, 0) is 52.3 Å². The number of para-hydroxylation sites is 1. The Hall–Kier alpha value is -1.53. The molecule has 1 unspecified atom stereocenters. The van der Waals surface area contributed by atoms with Crippen molar-refractivity contribution in [3.63, 3.8) is 0 Å². The van der Waals surface area contributed by atoms with Crippen LogP contribution in [0.15, 0.2) is 29.2 Å². The summed E-state index contributed by atoms with van der Waals surface area (Å²) < 4.78 is -0.178. The summed E-state index contributed by atoms with van der Waals surface area (Å²) >= 11 is 1.71. The molecule has 2 heterocycles. The van der Waals surface area contributed by atoms with Gasteiger partial charge in [0.15, 0.2) is 0 Å². The van der Waals surface area contributed by atoms with E-state index in [1.54, 1.807) is 16.7 Å². The van der Waals surface area contributed by atoms with Crippen molar-refractivity contribution >= 4 is 29.3 Å². The Morgan fingerprint density at radius 1 is 1.30 bits per heavy atom. The molecule has 0 aliphatic carbocycles. The Labute approximate surface area is 166 Å². The lowest BCUT2D eigenvalue weighted by Crippen LogP contribution is -2.45. The van der Waals surface area contributed by atoms with Crippen LogP contribution in [-0.4, -0.2) is 53.7 Å². The number of likely N-dealkylation sites (tertiary alicyclic amines) is 1. The number of piperidine rings is 1. The first-order chi connectivity index (χ1) is 12.9. The van der Waals surface area contributed by atoms with Gasteiger partial charge in [-0.1, -0.05) is 18.6 Å². The third kappa shape index (κ3) is 5.26. The van der Waals surface area contributed by atoms with Crippen molar-refractivity contribution in [2.45, 2.75) is 62.1 Å². The molecule has 1 fully saturated rings. The topological polar surface area (TPSA) is 52.7 Å². The molecule has 0 saturated carbocycles. The number of thioether (sulfide) groups is 1. The first-order valence-electron chi connectivity index (χ1n) is 9.95. The van der Waals surface area contributed by atoms with Gasteiger partial charge in [0.05, 0.1) is 5.69 Å². The highest BCUT2D eigenvalue weighted by Crippen LogP contribution is 2.43. The SMILES string of the molecule is CC1CCCCN1CCNC(=O)CN1C(=O)CC(C)(C)Sc2ccccc21. The van der Waals surface area contributed by atoms with Gasteiger partial charge in [0, 0.05) is 35.2 Å². The monoisotopic (exact) mass is 389 g/mol. The average molecular weight is 390 g/mol. The third-order valence-electron chi connectivity index (χ3n) is 5.38. The largest absolute Gasteiger partial charge is 0.353 e. The summed E-state index contributed by atoms with van der Waals surface area (Å²) in [6.07, 6.45) is 4.20. The van der Waals surface area contributed by atoms with E-state index in [1.807, 2.05) is 24.3 Å². The van der Waals surface area contributed by atoms with Gasteiger partial charge >= 0.3 is 0 Å². The molecule has 0 spiro atoms. The fourth-order valence-corrected chi connectivity index (χ4v) is 5.12. The predicted octanol–water partition coefficient (Wildman–Crippen LogP) is 3.28. The highest BCUT2D eigenvalue weighted by Gasteiger charge is 2.33. The number of rotatable bonds is 5. The molecule has 0 radical (unpaired) electrons. The van der Waals surface area contributed by atoms with Crippen LogP contribution >= 0.6 is 11.8 Å². The minimum absolute atomic E-state index is 0.0113. The summed E-state index contributed by atoms with van der Waals surface area (Å²) in [6, 6.07) is 8.46. The predicted molar refractivity (Wildman–Crippen MR) is 111 cm³/mol. The van der Waals surface area contributed by atoms with Gasteiger partial charge in [-0.15, -0.1) is 11.8 Å². The van der Waals surface area contributed by atoms with E-state index in [-0.39, 0.29) is 23.1 Å². The molecule has 2 amide bonds. The van der Waals surface area contributed by atoms with Crippen molar-refractivity contribution in [1.29, 1.82) is 0 Å². The number of carbonyl (C=O) groups is 2. The fraction of sp³-hybridized carbons (Fsp3) is 0.619. The van der Waals surface area contributed by atoms with Crippen molar-refractivity contribution in [2.75, 3.05) is 31.1 Å². The summed E-state index contributed by atoms with van der Waals surface area (Å²) in [5.41, 5.74) is 0.845. The van der Waals surface area contributed by atoms with Gasteiger partial charge in [-0.25, -0.2) is 0 Å². The Balaban J connectivity index is 1.60. The molecule has 6 heteroatoms. The molecular formula is C21H31N3O2S. The van der Waals surface area contributed by atoms with E-state index >= 15 is 0 Å². The van der Waals surface area contributed by atoms with Gasteiger partial charge in [-0.3, -0.25) is 14.5 Å². The van der Waals surface area contributed by atoms with Crippen molar-refractivity contribution in [2.24, 2.45) is 0 Å². The molecule has 1 aromatic carbocycles. The summed E-state index contributed by atoms with van der Waals surface area (Å²) in [5.74, 6) is -0.0789. The van der Waals surface area contributed by atoms with Gasteiger partial charge in [0.1, 0.15) is 6.54 Å². The summed E-state index contributed by atoms with van der Waals surface area (Å²) in [6.45, 7) is 9.12. The van der Waals surface area contributed by atoms with Crippen LogP contribution in [0.3, 0.4) is 0 Å². The summed E-state index contributed by atoms with van der Waals surface area (Å²) in [4.78, 5) is 30.5. The normalized spacial score (nSPS) is 22.9. The number of benzene rings is 1. The smallest absolute Gasteiger partial charge is 0.240 e. The summed E-state index contributed by atoms with van der Waals surface area (Å²) in [7, 11) is 0. The molecule has 2 aliphatic rings. The third-order valence-corrected chi connectivity index (χ3v) is 6.65. The molecule has 1 aromatic rings. The van der Waals surface area contributed by atoms with Gasteiger partial charge in [0.25, 0.3) is 0 Å². The van der Waals surface area contributed by atoms with Crippen molar-refractivity contribution in [3.8, 4) is 0 Å². The number of hydrogen-bond acceptors (Lipinski definition) is 4. The second-order valence-corrected chi connectivity index (χ2v) is 9.97. The van der Waals surface area contributed by atoms with Gasteiger partial charge in [-0.2, -0.15) is 0 Å². The standard InChI is InChI=1S/C21H31N3O2S/c1-16-8-6-7-12-23(16)13-11-22-19(25)15-24-17-9-4-5-10-18(17)27-21(2,3)14-20(24)26/h4-5,9-10,16H,6-8,11-15H2,1-3H3,(H,22,25). The molecule has 0 aromatic heterocycles.